The Bertz CT molecular complexity index is 979. The van der Waals surface area contributed by atoms with Crippen molar-refractivity contribution < 1.29 is 14.3 Å². The molecule has 0 spiro atoms. The molecule has 0 saturated carbocycles. The molecule has 28 heavy (non-hydrogen) atoms. The minimum absolute atomic E-state index is 0.249. The molecule has 0 bridgehead atoms. The van der Waals surface area contributed by atoms with Gasteiger partial charge in [-0.1, -0.05) is 13.8 Å². The maximum absolute atomic E-state index is 12.3. The normalized spacial score (nSPS) is 15.2. The molecule has 1 heterocycles. The van der Waals surface area contributed by atoms with E-state index in [4.69, 9.17) is 9.47 Å². The van der Waals surface area contributed by atoms with Crippen molar-refractivity contribution in [2.45, 2.75) is 13.8 Å². The molecule has 8 heteroatoms. The van der Waals surface area contributed by atoms with Crippen molar-refractivity contribution in [2.75, 3.05) is 6.61 Å². The van der Waals surface area contributed by atoms with Crippen LogP contribution in [0.5, 0.6) is 5.75 Å². The van der Waals surface area contributed by atoms with Gasteiger partial charge in [0.15, 0.2) is 5.70 Å². The van der Waals surface area contributed by atoms with Crippen molar-refractivity contribution in [3.05, 3.63) is 64.1 Å². The predicted octanol–water partition coefficient (Wildman–Crippen LogP) is 6.96. The summed E-state index contributed by atoms with van der Waals surface area (Å²) in [6.07, 6.45) is 1.69. The van der Waals surface area contributed by atoms with Gasteiger partial charge < -0.3 is 9.47 Å². The molecular weight excluding hydrogens is 669 g/mol. The number of rotatable bonds is 5. The van der Waals surface area contributed by atoms with Crippen LogP contribution >= 0.6 is 70.4 Å². The molecule has 0 radical (unpaired) electrons. The summed E-state index contributed by atoms with van der Waals surface area (Å²) >= 11 is 12.8. The molecule has 0 aromatic heterocycles. The number of nitrogens with zero attached hydrogens (tertiary/aromatic N) is 1. The number of cyclic esters (lactones) is 1. The number of hydrogen-bond donors (Lipinski definition) is 0. The van der Waals surface area contributed by atoms with Crippen molar-refractivity contribution in [2.24, 2.45) is 10.9 Å². The standard InChI is InChI=1S/C20H15Br3INO3/c1-10(2)9-27-18-14(22)5-11(6-15(18)23)7-17-20(26)28-19(25-17)12-3-4-16(24)13(21)8-12/h3-8,10H,9H2,1-2H3/b17-7-. The average Bonchev–Trinajstić information content (AvgIpc) is 2.97. The third kappa shape index (κ3) is 5.25. The first-order valence-electron chi connectivity index (χ1n) is 8.34. The van der Waals surface area contributed by atoms with E-state index in [0.29, 0.717) is 18.4 Å². The molecule has 146 valence electrons. The highest BCUT2D eigenvalue weighted by molar-refractivity contribution is 14.1. The minimum atomic E-state index is -0.475. The number of ether oxygens (including phenoxy) is 2. The van der Waals surface area contributed by atoms with Gasteiger partial charge >= 0.3 is 5.97 Å². The number of esters is 1. The highest BCUT2D eigenvalue weighted by atomic mass is 127. The van der Waals surface area contributed by atoms with E-state index >= 15 is 0 Å². The van der Waals surface area contributed by atoms with Crippen LogP contribution < -0.4 is 4.74 Å². The molecule has 1 aliphatic rings. The van der Waals surface area contributed by atoms with Crippen molar-refractivity contribution in [1.29, 1.82) is 0 Å². The van der Waals surface area contributed by atoms with Crippen molar-refractivity contribution in [1.82, 2.24) is 0 Å². The first-order chi connectivity index (χ1) is 13.2. The average molecular weight is 684 g/mol. The first kappa shape index (κ1) is 22.0. The number of carbonyl (C=O) groups excluding carboxylic acids is 1. The van der Waals surface area contributed by atoms with Crippen LogP contribution in [-0.4, -0.2) is 18.5 Å². The number of aliphatic imine (C=N–C) groups is 1. The second kappa shape index (κ2) is 9.40. The van der Waals surface area contributed by atoms with E-state index in [-0.39, 0.29) is 5.70 Å². The van der Waals surface area contributed by atoms with Gasteiger partial charge in [-0.3, -0.25) is 0 Å². The molecule has 4 nitrogen and oxygen atoms in total. The van der Waals surface area contributed by atoms with Crippen LogP contribution in [0.1, 0.15) is 25.0 Å². The number of carbonyl (C=O) groups is 1. The van der Waals surface area contributed by atoms with Crippen LogP contribution in [0.25, 0.3) is 6.08 Å². The Kier molecular flexibility index (Phi) is 7.38. The maximum Gasteiger partial charge on any atom is 0.363 e. The number of halogens is 4. The van der Waals surface area contributed by atoms with E-state index in [0.717, 1.165) is 33.9 Å². The molecule has 0 amide bonds. The molecule has 0 fully saturated rings. The zero-order valence-corrected chi connectivity index (χ0v) is 21.8. The van der Waals surface area contributed by atoms with Gasteiger partial charge in [0.05, 0.1) is 15.6 Å². The molecule has 2 aromatic rings. The lowest BCUT2D eigenvalue weighted by molar-refractivity contribution is -0.129. The monoisotopic (exact) mass is 681 g/mol. The molecular formula is C20H15Br3INO3. The van der Waals surface area contributed by atoms with E-state index < -0.39 is 5.97 Å². The van der Waals surface area contributed by atoms with Crippen molar-refractivity contribution >= 4 is 88.3 Å². The lowest BCUT2D eigenvalue weighted by Crippen LogP contribution is -2.06. The van der Waals surface area contributed by atoms with Crippen LogP contribution in [0.15, 0.2) is 54.4 Å². The molecule has 0 unspecified atom stereocenters. The van der Waals surface area contributed by atoms with E-state index in [1.54, 1.807) is 6.08 Å². The van der Waals surface area contributed by atoms with Crippen molar-refractivity contribution in [3.8, 4) is 5.75 Å². The van der Waals surface area contributed by atoms with Crippen LogP contribution in [0.2, 0.25) is 0 Å². The molecule has 0 N–H and O–H groups in total. The van der Waals surface area contributed by atoms with E-state index in [1.165, 1.54) is 0 Å². The van der Waals surface area contributed by atoms with Gasteiger partial charge in [0.25, 0.3) is 0 Å². The van der Waals surface area contributed by atoms with Gasteiger partial charge in [0, 0.05) is 13.6 Å². The smallest absolute Gasteiger partial charge is 0.363 e. The Hall–Kier alpha value is -0.710. The molecule has 3 rings (SSSR count). The molecule has 1 aliphatic heterocycles. The first-order valence-corrected chi connectivity index (χ1v) is 11.8. The van der Waals surface area contributed by atoms with Gasteiger partial charge in [0.2, 0.25) is 5.90 Å². The van der Waals surface area contributed by atoms with Crippen LogP contribution in [-0.2, 0) is 9.53 Å². The van der Waals surface area contributed by atoms with Crippen molar-refractivity contribution in [3.63, 3.8) is 0 Å². The summed E-state index contributed by atoms with van der Waals surface area (Å²) in [4.78, 5) is 16.6. The fraction of sp³-hybridized carbons (Fsp3) is 0.200. The Morgan fingerprint density at radius 1 is 1.14 bits per heavy atom. The second-order valence-electron chi connectivity index (χ2n) is 6.48. The number of benzene rings is 2. The fourth-order valence-corrected chi connectivity index (χ4v) is 4.54. The highest BCUT2D eigenvalue weighted by Crippen LogP contribution is 2.36. The Balaban J connectivity index is 1.89. The molecule has 2 aromatic carbocycles. The SMILES string of the molecule is CC(C)COc1c(Br)cc(/C=C2\N=C(c3ccc(I)c(Br)c3)OC2=O)cc1Br. The van der Waals surface area contributed by atoms with E-state index in [9.17, 15) is 4.79 Å². The zero-order valence-electron chi connectivity index (χ0n) is 14.9. The zero-order chi connectivity index (χ0) is 20.4. The minimum Gasteiger partial charge on any atom is -0.491 e. The van der Waals surface area contributed by atoms with E-state index in [1.807, 2.05) is 30.3 Å². The maximum atomic E-state index is 12.3. The fourth-order valence-electron chi connectivity index (χ4n) is 2.37. The lowest BCUT2D eigenvalue weighted by atomic mass is 10.2. The summed E-state index contributed by atoms with van der Waals surface area (Å²) in [5, 5.41) is 0. The Labute approximate surface area is 202 Å². The van der Waals surface area contributed by atoms with Gasteiger partial charge in [0.1, 0.15) is 5.75 Å². The summed E-state index contributed by atoms with van der Waals surface area (Å²) in [7, 11) is 0. The highest BCUT2D eigenvalue weighted by Gasteiger charge is 2.24. The lowest BCUT2D eigenvalue weighted by Gasteiger charge is -2.13. The molecule has 0 atom stereocenters. The largest absolute Gasteiger partial charge is 0.491 e. The summed E-state index contributed by atoms with van der Waals surface area (Å²) in [6, 6.07) is 9.45. The van der Waals surface area contributed by atoms with E-state index in [2.05, 4.69) is 89.2 Å². The Morgan fingerprint density at radius 2 is 1.82 bits per heavy atom. The topological polar surface area (TPSA) is 47.9 Å². The number of hydrogen-bond acceptors (Lipinski definition) is 4. The summed E-state index contributed by atoms with van der Waals surface area (Å²) in [5.74, 6) is 0.973. The predicted molar refractivity (Wildman–Crippen MR) is 130 cm³/mol. The van der Waals surface area contributed by atoms with Gasteiger partial charge in [-0.05, 0) is 118 Å². The van der Waals surface area contributed by atoms with Crippen LogP contribution in [0, 0.1) is 9.49 Å². The van der Waals surface area contributed by atoms with Gasteiger partial charge in [-0.25, -0.2) is 9.79 Å². The van der Waals surface area contributed by atoms with Crippen LogP contribution in [0.4, 0.5) is 0 Å². The summed E-state index contributed by atoms with van der Waals surface area (Å²) < 4.78 is 14.8. The molecule has 0 aliphatic carbocycles. The quantitative estimate of drug-likeness (QED) is 0.195. The third-order valence-electron chi connectivity index (χ3n) is 3.67. The third-order valence-corrected chi connectivity index (χ3v) is 7.19. The summed E-state index contributed by atoms with van der Waals surface area (Å²) in [5.41, 5.74) is 1.79. The molecule has 0 saturated heterocycles. The summed E-state index contributed by atoms with van der Waals surface area (Å²) in [6.45, 7) is 4.80. The van der Waals surface area contributed by atoms with Crippen LogP contribution in [0.3, 0.4) is 0 Å². The van der Waals surface area contributed by atoms with Gasteiger partial charge in [-0.2, -0.15) is 0 Å². The Morgan fingerprint density at radius 3 is 2.43 bits per heavy atom. The second-order valence-corrected chi connectivity index (χ2v) is 10.2. The van der Waals surface area contributed by atoms with Gasteiger partial charge in [-0.15, -0.1) is 0 Å².